The number of carbonyl (C=O) groups is 1. The molecule has 0 aromatic rings. The number of amides is 1. The van der Waals surface area contributed by atoms with Crippen molar-refractivity contribution in [2.75, 3.05) is 66.2 Å². The van der Waals surface area contributed by atoms with Crippen LogP contribution in [0.5, 0.6) is 0 Å². The fraction of sp³-hybridized carbons (Fsp3) is 0.913. The van der Waals surface area contributed by atoms with Crippen LogP contribution in [0.25, 0.3) is 0 Å². The molecule has 1 N–H and O–H groups in total. The van der Waals surface area contributed by atoms with E-state index in [1.807, 2.05) is 25.7 Å². The standard InChI is InChI=1S/C23H44N4O4.HI/c1-6-24-21(26-13-10-20(17-26)18-30-15-14-29-5)25-11-9-19-8-7-12-27(16-19)22(28)31-23(2,3)4;/h19-20H,6-18H2,1-5H3,(H,24,25);1H. The van der Waals surface area contributed by atoms with Crippen LogP contribution in [0.4, 0.5) is 4.79 Å². The monoisotopic (exact) mass is 568 g/mol. The minimum Gasteiger partial charge on any atom is -0.444 e. The van der Waals surface area contributed by atoms with Crippen molar-refractivity contribution in [1.82, 2.24) is 15.1 Å². The maximum absolute atomic E-state index is 12.4. The molecule has 0 aliphatic carbocycles. The molecule has 0 aromatic heterocycles. The van der Waals surface area contributed by atoms with Crippen molar-refractivity contribution in [3.05, 3.63) is 0 Å². The lowest BCUT2D eigenvalue weighted by molar-refractivity contribution is 0.0163. The van der Waals surface area contributed by atoms with Gasteiger partial charge in [-0.15, -0.1) is 24.0 Å². The first kappa shape index (κ1) is 29.2. The highest BCUT2D eigenvalue weighted by Crippen LogP contribution is 2.22. The number of carbonyl (C=O) groups excluding carboxylic acids is 1. The Labute approximate surface area is 211 Å². The van der Waals surface area contributed by atoms with Crippen molar-refractivity contribution in [1.29, 1.82) is 0 Å². The van der Waals surface area contributed by atoms with Gasteiger partial charge in [-0.25, -0.2) is 4.79 Å². The van der Waals surface area contributed by atoms with Gasteiger partial charge < -0.3 is 29.3 Å². The van der Waals surface area contributed by atoms with Gasteiger partial charge in [0.15, 0.2) is 5.96 Å². The van der Waals surface area contributed by atoms with Crippen LogP contribution in [0.2, 0.25) is 0 Å². The number of halogens is 1. The number of aliphatic imine (C=N–C) groups is 1. The van der Waals surface area contributed by atoms with Crippen molar-refractivity contribution in [2.24, 2.45) is 16.8 Å². The Bertz CT molecular complexity index is 571. The predicted molar refractivity (Wildman–Crippen MR) is 139 cm³/mol. The van der Waals surface area contributed by atoms with Gasteiger partial charge >= 0.3 is 6.09 Å². The predicted octanol–water partition coefficient (Wildman–Crippen LogP) is 3.59. The number of rotatable bonds is 9. The number of methoxy groups -OCH3 is 1. The molecule has 2 rings (SSSR count). The summed E-state index contributed by atoms with van der Waals surface area (Å²) in [6.45, 7) is 15.1. The summed E-state index contributed by atoms with van der Waals surface area (Å²) in [6.07, 6.45) is 4.11. The quantitative estimate of drug-likeness (QED) is 0.198. The number of hydrogen-bond acceptors (Lipinski definition) is 5. The third kappa shape index (κ3) is 10.9. The van der Waals surface area contributed by atoms with E-state index in [1.165, 1.54) is 0 Å². The Morgan fingerprint density at radius 3 is 2.53 bits per heavy atom. The lowest BCUT2D eigenvalue weighted by Crippen LogP contribution is -2.43. The van der Waals surface area contributed by atoms with Crippen LogP contribution in [0.15, 0.2) is 4.99 Å². The van der Waals surface area contributed by atoms with Gasteiger partial charge in [0.2, 0.25) is 0 Å². The number of likely N-dealkylation sites (tertiary alicyclic amines) is 2. The van der Waals surface area contributed by atoms with Crippen molar-refractivity contribution >= 4 is 36.0 Å². The Morgan fingerprint density at radius 2 is 1.84 bits per heavy atom. The minimum atomic E-state index is -0.447. The van der Waals surface area contributed by atoms with E-state index in [1.54, 1.807) is 7.11 Å². The van der Waals surface area contributed by atoms with E-state index in [-0.39, 0.29) is 30.1 Å². The molecule has 2 atom stereocenters. The molecule has 32 heavy (non-hydrogen) atoms. The van der Waals surface area contributed by atoms with Crippen LogP contribution in [-0.2, 0) is 14.2 Å². The molecule has 2 heterocycles. The number of nitrogens with one attached hydrogen (secondary N) is 1. The minimum absolute atomic E-state index is 0. The zero-order valence-corrected chi connectivity index (χ0v) is 23.1. The van der Waals surface area contributed by atoms with Gasteiger partial charge in [0.25, 0.3) is 0 Å². The Hall–Kier alpha value is -0.810. The Morgan fingerprint density at radius 1 is 1.09 bits per heavy atom. The van der Waals surface area contributed by atoms with E-state index in [0.29, 0.717) is 25.0 Å². The lowest BCUT2D eigenvalue weighted by atomic mass is 9.95. The number of piperidine rings is 1. The molecule has 0 radical (unpaired) electrons. The summed E-state index contributed by atoms with van der Waals surface area (Å²) in [4.78, 5) is 21.5. The van der Waals surface area contributed by atoms with Gasteiger partial charge in [0.05, 0.1) is 19.8 Å². The van der Waals surface area contributed by atoms with Gasteiger partial charge in [-0.3, -0.25) is 4.99 Å². The van der Waals surface area contributed by atoms with Crippen molar-refractivity contribution in [3.8, 4) is 0 Å². The number of nitrogens with zero attached hydrogens (tertiary/aromatic N) is 3. The van der Waals surface area contributed by atoms with Crippen LogP contribution < -0.4 is 5.32 Å². The highest BCUT2D eigenvalue weighted by Gasteiger charge is 2.28. The molecule has 1 amide bonds. The maximum atomic E-state index is 12.4. The number of ether oxygens (including phenoxy) is 3. The fourth-order valence-electron chi connectivity index (χ4n) is 4.13. The van der Waals surface area contributed by atoms with Crippen molar-refractivity contribution in [2.45, 2.75) is 59.0 Å². The number of guanidine groups is 1. The van der Waals surface area contributed by atoms with Crippen LogP contribution in [0.1, 0.15) is 53.4 Å². The zero-order valence-electron chi connectivity index (χ0n) is 20.7. The van der Waals surface area contributed by atoms with Gasteiger partial charge in [-0.1, -0.05) is 0 Å². The van der Waals surface area contributed by atoms with Gasteiger partial charge in [0.1, 0.15) is 5.60 Å². The van der Waals surface area contributed by atoms with E-state index in [9.17, 15) is 4.79 Å². The second-order valence-electron chi connectivity index (χ2n) is 9.63. The summed E-state index contributed by atoms with van der Waals surface area (Å²) >= 11 is 0. The summed E-state index contributed by atoms with van der Waals surface area (Å²) in [5, 5.41) is 3.44. The molecule has 0 aromatic carbocycles. The zero-order chi connectivity index (χ0) is 22.7. The van der Waals surface area contributed by atoms with E-state index in [0.717, 1.165) is 77.5 Å². The maximum Gasteiger partial charge on any atom is 0.410 e. The Balaban J connectivity index is 0.00000512. The smallest absolute Gasteiger partial charge is 0.410 e. The second-order valence-corrected chi connectivity index (χ2v) is 9.63. The van der Waals surface area contributed by atoms with Crippen molar-refractivity contribution in [3.63, 3.8) is 0 Å². The molecule has 2 aliphatic rings. The first-order chi connectivity index (χ1) is 14.8. The summed E-state index contributed by atoms with van der Waals surface area (Å²) in [7, 11) is 1.70. The van der Waals surface area contributed by atoms with E-state index < -0.39 is 5.60 Å². The van der Waals surface area contributed by atoms with E-state index >= 15 is 0 Å². The first-order valence-corrected chi connectivity index (χ1v) is 11.9. The third-order valence-corrected chi connectivity index (χ3v) is 5.68. The van der Waals surface area contributed by atoms with Crippen LogP contribution in [0.3, 0.4) is 0 Å². The average Bonchev–Trinajstić information content (AvgIpc) is 3.18. The molecule has 188 valence electrons. The van der Waals surface area contributed by atoms with Crippen LogP contribution >= 0.6 is 24.0 Å². The largest absolute Gasteiger partial charge is 0.444 e. The normalized spacial score (nSPS) is 22.0. The lowest BCUT2D eigenvalue weighted by Gasteiger charge is -2.34. The molecule has 0 spiro atoms. The highest BCUT2D eigenvalue weighted by molar-refractivity contribution is 14.0. The SMILES string of the molecule is CCNC(=NCCC1CCCN(C(=O)OC(C)(C)C)C1)N1CCC(COCCOC)C1.I. The summed E-state index contributed by atoms with van der Waals surface area (Å²) < 4.78 is 16.3. The molecule has 2 unspecified atom stereocenters. The van der Waals surface area contributed by atoms with Crippen LogP contribution in [-0.4, -0.2) is 93.7 Å². The van der Waals surface area contributed by atoms with Crippen molar-refractivity contribution < 1.29 is 19.0 Å². The third-order valence-electron chi connectivity index (χ3n) is 5.68. The Kier molecular flexibility index (Phi) is 13.8. The molecule has 2 fully saturated rings. The second kappa shape index (κ2) is 15.2. The van der Waals surface area contributed by atoms with Gasteiger partial charge in [0, 0.05) is 52.3 Å². The molecule has 2 aliphatic heterocycles. The molecule has 0 bridgehead atoms. The molecular formula is C23H45IN4O4. The van der Waals surface area contributed by atoms with Crippen LogP contribution in [0, 0.1) is 11.8 Å². The average molecular weight is 569 g/mol. The summed E-state index contributed by atoms with van der Waals surface area (Å²) in [6, 6.07) is 0. The van der Waals surface area contributed by atoms with Gasteiger partial charge in [-0.05, 0) is 59.3 Å². The first-order valence-electron chi connectivity index (χ1n) is 11.9. The highest BCUT2D eigenvalue weighted by atomic mass is 127. The molecule has 0 saturated carbocycles. The molecular weight excluding hydrogens is 523 g/mol. The fourth-order valence-corrected chi connectivity index (χ4v) is 4.13. The molecule has 9 heteroatoms. The topological polar surface area (TPSA) is 75.6 Å². The summed E-state index contributed by atoms with van der Waals surface area (Å²) in [5.41, 5.74) is -0.447. The van der Waals surface area contributed by atoms with E-state index in [4.69, 9.17) is 19.2 Å². The van der Waals surface area contributed by atoms with E-state index in [2.05, 4.69) is 17.1 Å². The molecule has 2 saturated heterocycles. The number of hydrogen-bond donors (Lipinski definition) is 1. The van der Waals surface area contributed by atoms with Gasteiger partial charge in [-0.2, -0.15) is 0 Å². The molecule has 8 nitrogen and oxygen atoms in total. The summed E-state index contributed by atoms with van der Waals surface area (Å²) in [5.74, 6) is 2.02.